The van der Waals surface area contributed by atoms with Gasteiger partial charge in [-0.2, -0.15) is 5.10 Å². The largest absolute Gasteiger partial charge is 0.364 e. The van der Waals surface area contributed by atoms with Crippen LogP contribution in [0.25, 0.3) is 11.0 Å². The van der Waals surface area contributed by atoms with Gasteiger partial charge in [-0.15, -0.1) is 11.3 Å². The first-order chi connectivity index (χ1) is 10.7. The number of anilines is 1. The van der Waals surface area contributed by atoms with Gasteiger partial charge in [0.05, 0.1) is 24.7 Å². The van der Waals surface area contributed by atoms with Gasteiger partial charge in [0.15, 0.2) is 5.65 Å². The Bertz CT molecular complexity index is 767. The van der Waals surface area contributed by atoms with Gasteiger partial charge in [-0.05, 0) is 11.4 Å². The molecule has 0 aromatic carbocycles. The van der Waals surface area contributed by atoms with Gasteiger partial charge in [0.25, 0.3) is 0 Å². The summed E-state index contributed by atoms with van der Waals surface area (Å²) in [5.74, 6) is 0.716. The van der Waals surface area contributed by atoms with Crippen LogP contribution in [0.4, 0.5) is 5.82 Å². The molecule has 114 valence electrons. The standard InChI is InChI=1S/C14H16N6OS/c1-10(21)15-4-5-20-14-12(8-19-20)13(17-9-18-14)16-7-11-3-2-6-22-11/h2-3,6,8-9H,4-5,7H2,1H3,(H,15,21)(H,16,17,18). The van der Waals surface area contributed by atoms with Gasteiger partial charge >= 0.3 is 0 Å². The minimum atomic E-state index is -0.0515. The topological polar surface area (TPSA) is 84.7 Å². The third kappa shape index (κ3) is 3.22. The van der Waals surface area contributed by atoms with Gasteiger partial charge < -0.3 is 10.6 Å². The Balaban J connectivity index is 1.74. The second-order valence-electron chi connectivity index (χ2n) is 4.74. The second-order valence-corrected chi connectivity index (χ2v) is 5.78. The van der Waals surface area contributed by atoms with E-state index in [1.54, 1.807) is 22.2 Å². The van der Waals surface area contributed by atoms with Gasteiger partial charge in [0, 0.05) is 18.3 Å². The Morgan fingerprint density at radius 2 is 2.32 bits per heavy atom. The van der Waals surface area contributed by atoms with Crippen LogP contribution in [0.15, 0.2) is 30.0 Å². The minimum absolute atomic E-state index is 0.0515. The summed E-state index contributed by atoms with van der Waals surface area (Å²) in [6.45, 7) is 3.31. The molecule has 0 atom stereocenters. The van der Waals surface area contributed by atoms with Crippen molar-refractivity contribution < 1.29 is 4.79 Å². The molecule has 0 spiro atoms. The van der Waals surface area contributed by atoms with Crippen LogP contribution < -0.4 is 10.6 Å². The van der Waals surface area contributed by atoms with E-state index >= 15 is 0 Å². The van der Waals surface area contributed by atoms with Crippen LogP contribution in [0.2, 0.25) is 0 Å². The van der Waals surface area contributed by atoms with Gasteiger partial charge in [-0.3, -0.25) is 4.79 Å². The Morgan fingerprint density at radius 3 is 3.09 bits per heavy atom. The van der Waals surface area contributed by atoms with Crippen molar-refractivity contribution in [2.45, 2.75) is 20.0 Å². The van der Waals surface area contributed by atoms with E-state index in [2.05, 4.69) is 31.8 Å². The highest BCUT2D eigenvalue weighted by atomic mass is 32.1. The first-order valence-electron chi connectivity index (χ1n) is 6.91. The average Bonchev–Trinajstić information content (AvgIpc) is 3.15. The Kier molecular flexibility index (Phi) is 4.29. The summed E-state index contributed by atoms with van der Waals surface area (Å²) in [7, 11) is 0. The van der Waals surface area contributed by atoms with E-state index in [-0.39, 0.29) is 5.91 Å². The monoisotopic (exact) mass is 316 g/mol. The fraction of sp³-hybridized carbons (Fsp3) is 0.286. The van der Waals surface area contributed by atoms with Crippen molar-refractivity contribution >= 4 is 34.1 Å². The van der Waals surface area contributed by atoms with Crippen molar-refractivity contribution in [2.24, 2.45) is 0 Å². The first kappa shape index (κ1) is 14.5. The molecule has 0 radical (unpaired) electrons. The van der Waals surface area contributed by atoms with E-state index in [1.807, 2.05) is 11.4 Å². The molecule has 3 rings (SSSR count). The summed E-state index contributed by atoms with van der Waals surface area (Å²) >= 11 is 1.70. The van der Waals surface area contributed by atoms with Crippen LogP contribution in [-0.4, -0.2) is 32.2 Å². The van der Waals surface area contributed by atoms with Crippen molar-refractivity contribution in [2.75, 3.05) is 11.9 Å². The van der Waals surface area contributed by atoms with E-state index in [0.29, 0.717) is 13.1 Å². The molecular formula is C14H16N6OS. The van der Waals surface area contributed by atoms with Crippen molar-refractivity contribution in [3.63, 3.8) is 0 Å². The fourth-order valence-corrected chi connectivity index (χ4v) is 2.76. The number of rotatable bonds is 6. The Morgan fingerprint density at radius 1 is 1.41 bits per heavy atom. The maximum absolute atomic E-state index is 10.9. The van der Waals surface area contributed by atoms with Crippen LogP contribution >= 0.6 is 11.3 Å². The van der Waals surface area contributed by atoms with Gasteiger partial charge in [-0.25, -0.2) is 14.6 Å². The maximum Gasteiger partial charge on any atom is 0.216 e. The molecule has 8 heteroatoms. The van der Waals surface area contributed by atoms with E-state index in [9.17, 15) is 4.79 Å². The SMILES string of the molecule is CC(=O)NCCn1ncc2c(NCc3cccs3)ncnc21. The lowest BCUT2D eigenvalue weighted by atomic mass is 10.3. The lowest BCUT2D eigenvalue weighted by Crippen LogP contribution is -2.24. The van der Waals surface area contributed by atoms with Crippen LogP contribution in [0, 0.1) is 0 Å². The van der Waals surface area contributed by atoms with Gasteiger partial charge in [-0.1, -0.05) is 6.07 Å². The number of fused-ring (bicyclic) bond motifs is 1. The number of amides is 1. The highest BCUT2D eigenvalue weighted by molar-refractivity contribution is 7.09. The van der Waals surface area contributed by atoms with Gasteiger partial charge in [0.2, 0.25) is 5.91 Å². The number of hydrogen-bond acceptors (Lipinski definition) is 6. The molecule has 0 aliphatic rings. The average molecular weight is 316 g/mol. The van der Waals surface area contributed by atoms with Crippen LogP contribution in [-0.2, 0) is 17.9 Å². The first-order valence-corrected chi connectivity index (χ1v) is 7.79. The normalized spacial score (nSPS) is 10.8. The summed E-state index contributed by atoms with van der Waals surface area (Å²) in [4.78, 5) is 20.7. The number of carbonyl (C=O) groups excluding carboxylic acids is 1. The molecule has 0 unspecified atom stereocenters. The lowest BCUT2D eigenvalue weighted by Gasteiger charge is -2.06. The number of aromatic nitrogens is 4. The lowest BCUT2D eigenvalue weighted by molar-refractivity contribution is -0.118. The molecule has 0 aliphatic carbocycles. The maximum atomic E-state index is 10.9. The van der Waals surface area contributed by atoms with E-state index in [4.69, 9.17) is 0 Å². The smallest absolute Gasteiger partial charge is 0.216 e. The number of thiophene rings is 1. The van der Waals surface area contributed by atoms with E-state index < -0.39 is 0 Å². The molecule has 1 amide bonds. The quantitative estimate of drug-likeness (QED) is 0.722. The predicted molar refractivity (Wildman–Crippen MR) is 85.7 cm³/mol. The number of nitrogens with one attached hydrogen (secondary N) is 2. The zero-order chi connectivity index (χ0) is 15.4. The number of hydrogen-bond donors (Lipinski definition) is 2. The molecule has 0 saturated heterocycles. The predicted octanol–water partition coefficient (Wildman–Crippen LogP) is 1.64. The molecule has 0 aliphatic heterocycles. The Hall–Kier alpha value is -2.48. The summed E-state index contributed by atoms with van der Waals surface area (Å²) in [5.41, 5.74) is 0.758. The highest BCUT2D eigenvalue weighted by Gasteiger charge is 2.09. The molecule has 7 nitrogen and oxygen atoms in total. The second kappa shape index (κ2) is 6.52. The molecule has 3 aromatic rings. The molecule has 3 heterocycles. The third-order valence-electron chi connectivity index (χ3n) is 3.14. The van der Waals surface area contributed by atoms with Crippen molar-refractivity contribution in [3.05, 3.63) is 34.9 Å². The van der Waals surface area contributed by atoms with Crippen LogP contribution in [0.3, 0.4) is 0 Å². The van der Waals surface area contributed by atoms with E-state index in [1.165, 1.54) is 18.1 Å². The van der Waals surface area contributed by atoms with Crippen molar-refractivity contribution in [1.82, 2.24) is 25.1 Å². The van der Waals surface area contributed by atoms with Crippen molar-refractivity contribution in [3.8, 4) is 0 Å². The summed E-state index contributed by atoms with van der Waals surface area (Å²) < 4.78 is 1.77. The van der Waals surface area contributed by atoms with Crippen LogP contribution in [0.5, 0.6) is 0 Å². The molecular weight excluding hydrogens is 300 g/mol. The van der Waals surface area contributed by atoms with Crippen LogP contribution in [0.1, 0.15) is 11.8 Å². The minimum Gasteiger partial charge on any atom is -0.364 e. The number of carbonyl (C=O) groups is 1. The molecule has 22 heavy (non-hydrogen) atoms. The molecule has 0 bridgehead atoms. The molecule has 0 fully saturated rings. The zero-order valence-electron chi connectivity index (χ0n) is 12.1. The zero-order valence-corrected chi connectivity index (χ0v) is 12.9. The number of nitrogens with zero attached hydrogens (tertiary/aromatic N) is 4. The molecule has 3 aromatic heterocycles. The highest BCUT2D eigenvalue weighted by Crippen LogP contribution is 2.20. The van der Waals surface area contributed by atoms with E-state index in [0.717, 1.165) is 23.4 Å². The summed E-state index contributed by atoms with van der Waals surface area (Å²) in [6.07, 6.45) is 3.27. The molecule has 0 saturated carbocycles. The summed E-state index contributed by atoms with van der Waals surface area (Å²) in [5, 5.41) is 13.3. The third-order valence-corrected chi connectivity index (χ3v) is 4.02. The fourth-order valence-electron chi connectivity index (χ4n) is 2.12. The summed E-state index contributed by atoms with van der Waals surface area (Å²) in [6, 6.07) is 4.10. The van der Waals surface area contributed by atoms with Crippen molar-refractivity contribution in [1.29, 1.82) is 0 Å². The Labute approximate surface area is 131 Å². The molecule has 2 N–H and O–H groups in total. The van der Waals surface area contributed by atoms with Gasteiger partial charge in [0.1, 0.15) is 12.1 Å².